The first kappa shape index (κ1) is 14.8. The molecule has 0 bridgehead atoms. The second-order valence-corrected chi connectivity index (χ2v) is 5.55. The molecule has 1 fully saturated rings. The average molecular weight is 342 g/mol. The first-order chi connectivity index (χ1) is 9.54. The number of carbonyl (C=O) groups excluding carboxylic acids is 2. The molecule has 5 nitrogen and oxygen atoms in total. The number of carbonyl (C=O) groups is 2. The molecule has 0 aliphatic carbocycles. The molecule has 1 saturated heterocycles. The molecule has 1 amide bonds. The van der Waals surface area contributed by atoms with Crippen LogP contribution < -0.4 is 0 Å². The molecule has 1 aliphatic rings. The molecule has 1 N–H and O–H groups in total. The standard InChI is InChI=1S/C14H16BrNO4/c1-20-14(19)11-4-2-3-7-16(11)13(18)9-5-6-10(15)12(17)8-9/h5-6,8,11,17H,2-4,7H2,1H3. The molecule has 0 spiro atoms. The Labute approximate surface area is 125 Å². The highest BCUT2D eigenvalue weighted by molar-refractivity contribution is 9.10. The normalized spacial score (nSPS) is 18.7. The van der Waals surface area contributed by atoms with Gasteiger partial charge < -0.3 is 14.7 Å². The Morgan fingerprint density at radius 1 is 1.40 bits per heavy atom. The van der Waals surface area contributed by atoms with E-state index in [1.54, 1.807) is 12.1 Å². The van der Waals surface area contributed by atoms with Crippen molar-refractivity contribution in [1.82, 2.24) is 4.90 Å². The van der Waals surface area contributed by atoms with Crippen molar-refractivity contribution in [1.29, 1.82) is 0 Å². The smallest absolute Gasteiger partial charge is 0.328 e. The van der Waals surface area contributed by atoms with Crippen LogP contribution in [0.2, 0.25) is 0 Å². The lowest BCUT2D eigenvalue weighted by atomic mass is 10.0. The van der Waals surface area contributed by atoms with E-state index in [4.69, 9.17) is 4.74 Å². The molecule has 0 saturated carbocycles. The Morgan fingerprint density at radius 3 is 2.80 bits per heavy atom. The zero-order chi connectivity index (χ0) is 14.7. The van der Waals surface area contributed by atoms with E-state index in [0.717, 1.165) is 12.8 Å². The number of methoxy groups -OCH3 is 1. The fraction of sp³-hybridized carbons (Fsp3) is 0.429. The summed E-state index contributed by atoms with van der Waals surface area (Å²) in [6, 6.07) is 4.09. The summed E-state index contributed by atoms with van der Waals surface area (Å²) in [5, 5.41) is 9.66. The zero-order valence-corrected chi connectivity index (χ0v) is 12.7. The van der Waals surface area contributed by atoms with Gasteiger partial charge in [-0.05, 0) is 53.4 Å². The SMILES string of the molecule is COC(=O)C1CCCCN1C(=O)c1ccc(Br)c(O)c1. The Balaban J connectivity index is 2.25. The van der Waals surface area contributed by atoms with Gasteiger partial charge in [-0.3, -0.25) is 4.79 Å². The zero-order valence-electron chi connectivity index (χ0n) is 11.1. The fourth-order valence-corrected chi connectivity index (χ4v) is 2.61. The Kier molecular flexibility index (Phi) is 4.65. The third-order valence-corrected chi connectivity index (χ3v) is 4.10. The molecular weight excluding hydrogens is 326 g/mol. The molecule has 20 heavy (non-hydrogen) atoms. The van der Waals surface area contributed by atoms with Crippen molar-refractivity contribution in [3.05, 3.63) is 28.2 Å². The third-order valence-electron chi connectivity index (χ3n) is 3.43. The molecule has 0 aromatic heterocycles. The maximum Gasteiger partial charge on any atom is 0.328 e. The van der Waals surface area contributed by atoms with E-state index in [9.17, 15) is 14.7 Å². The molecule has 1 unspecified atom stereocenters. The van der Waals surface area contributed by atoms with Crippen LogP contribution >= 0.6 is 15.9 Å². The number of rotatable bonds is 2. The largest absolute Gasteiger partial charge is 0.507 e. The number of aromatic hydroxyl groups is 1. The summed E-state index contributed by atoms with van der Waals surface area (Å²) in [6.45, 7) is 0.523. The first-order valence-corrected chi connectivity index (χ1v) is 7.21. The minimum atomic E-state index is -0.535. The predicted octanol–water partition coefficient (Wildman–Crippen LogP) is 2.32. The van der Waals surface area contributed by atoms with E-state index >= 15 is 0 Å². The Hall–Kier alpha value is -1.56. The van der Waals surface area contributed by atoms with Gasteiger partial charge in [-0.1, -0.05) is 0 Å². The second kappa shape index (κ2) is 6.26. The van der Waals surface area contributed by atoms with Gasteiger partial charge >= 0.3 is 5.97 Å². The lowest BCUT2D eigenvalue weighted by Gasteiger charge is -2.33. The van der Waals surface area contributed by atoms with Gasteiger partial charge in [0, 0.05) is 12.1 Å². The summed E-state index contributed by atoms with van der Waals surface area (Å²) in [5.41, 5.74) is 0.363. The minimum absolute atomic E-state index is 0.00229. The molecular formula is C14H16BrNO4. The highest BCUT2D eigenvalue weighted by atomic mass is 79.9. The number of hydrogen-bond acceptors (Lipinski definition) is 4. The number of phenols is 1. The van der Waals surface area contributed by atoms with Gasteiger partial charge in [0.25, 0.3) is 5.91 Å². The topological polar surface area (TPSA) is 66.8 Å². The monoisotopic (exact) mass is 341 g/mol. The molecule has 1 heterocycles. The predicted molar refractivity (Wildman–Crippen MR) is 76.5 cm³/mol. The van der Waals surface area contributed by atoms with Gasteiger partial charge in [0.1, 0.15) is 11.8 Å². The van der Waals surface area contributed by atoms with E-state index in [-0.39, 0.29) is 17.6 Å². The van der Waals surface area contributed by atoms with Crippen molar-refractivity contribution in [2.75, 3.05) is 13.7 Å². The number of likely N-dealkylation sites (tertiary alicyclic amines) is 1. The summed E-state index contributed by atoms with van der Waals surface area (Å²) >= 11 is 3.17. The van der Waals surface area contributed by atoms with Crippen molar-refractivity contribution in [3.8, 4) is 5.75 Å². The van der Waals surface area contributed by atoms with Crippen LogP contribution in [0.25, 0.3) is 0 Å². The van der Waals surface area contributed by atoms with Gasteiger partial charge in [0.05, 0.1) is 11.6 Å². The van der Waals surface area contributed by atoms with Crippen molar-refractivity contribution in [3.63, 3.8) is 0 Å². The lowest BCUT2D eigenvalue weighted by molar-refractivity contribution is -0.147. The molecule has 0 radical (unpaired) electrons. The molecule has 1 aliphatic heterocycles. The van der Waals surface area contributed by atoms with Crippen LogP contribution in [0.5, 0.6) is 5.75 Å². The summed E-state index contributed by atoms with van der Waals surface area (Å²) in [6.07, 6.45) is 2.37. The summed E-state index contributed by atoms with van der Waals surface area (Å²) in [7, 11) is 1.32. The quantitative estimate of drug-likeness (QED) is 0.838. The van der Waals surface area contributed by atoms with Crippen LogP contribution in [0, 0.1) is 0 Å². The maximum absolute atomic E-state index is 12.5. The maximum atomic E-state index is 12.5. The number of piperidine rings is 1. The van der Waals surface area contributed by atoms with Gasteiger partial charge in [0.15, 0.2) is 0 Å². The van der Waals surface area contributed by atoms with E-state index in [0.29, 0.717) is 23.0 Å². The number of benzene rings is 1. The van der Waals surface area contributed by atoms with Gasteiger partial charge in [-0.25, -0.2) is 4.79 Å². The Bertz CT molecular complexity index is 532. The third kappa shape index (κ3) is 2.95. The van der Waals surface area contributed by atoms with Crippen LogP contribution in [-0.4, -0.2) is 41.6 Å². The van der Waals surface area contributed by atoms with E-state index in [2.05, 4.69) is 15.9 Å². The number of halogens is 1. The molecule has 1 aromatic carbocycles. The molecule has 108 valence electrons. The highest BCUT2D eigenvalue weighted by Gasteiger charge is 2.33. The van der Waals surface area contributed by atoms with Gasteiger partial charge in [0.2, 0.25) is 0 Å². The van der Waals surface area contributed by atoms with E-state index in [1.807, 2.05) is 0 Å². The number of ether oxygens (including phenoxy) is 1. The van der Waals surface area contributed by atoms with Crippen molar-refractivity contribution in [2.45, 2.75) is 25.3 Å². The molecule has 1 atom stereocenters. The van der Waals surface area contributed by atoms with Crippen molar-refractivity contribution >= 4 is 27.8 Å². The van der Waals surface area contributed by atoms with Crippen molar-refractivity contribution < 1.29 is 19.4 Å². The summed E-state index contributed by atoms with van der Waals surface area (Å²) in [5.74, 6) is -0.648. The fourth-order valence-electron chi connectivity index (χ4n) is 2.37. The van der Waals surface area contributed by atoms with Crippen LogP contribution in [0.15, 0.2) is 22.7 Å². The van der Waals surface area contributed by atoms with Crippen LogP contribution in [0.4, 0.5) is 0 Å². The van der Waals surface area contributed by atoms with E-state index in [1.165, 1.54) is 18.1 Å². The van der Waals surface area contributed by atoms with Crippen LogP contribution in [-0.2, 0) is 9.53 Å². The summed E-state index contributed by atoms with van der Waals surface area (Å²) < 4.78 is 5.28. The van der Waals surface area contributed by atoms with Crippen molar-refractivity contribution in [2.24, 2.45) is 0 Å². The van der Waals surface area contributed by atoms with E-state index < -0.39 is 6.04 Å². The number of nitrogens with zero attached hydrogens (tertiary/aromatic N) is 1. The van der Waals surface area contributed by atoms with Crippen LogP contribution in [0.1, 0.15) is 29.6 Å². The Morgan fingerprint density at radius 2 is 2.15 bits per heavy atom. The molecule has 2 rings (SSSR count). The minimum Gasteiger partial charge on any atom is -0.507 e. The molecule has 6 heteroatoms. The van der Waals surface area contributed by atoms with Gasteiger partial charge in [-0.15, -0.1) is 0 Å². The first-order valence-electron chi connectivity index (χ1n) is 6.42. The van der Waals surface area contributed by atoms with Crippen LogP contribution in [0.3, 0.4) is 0 Å². The number of esters is 1. The lowest BCUT2D eigenvalue weighted by Crippen LogP contribution is -2.48. The molecule has 1 aromatic rings. The second-order valence-electron chi connectivity index (χ2n) is 4.70. The summed E-state index contributed by atoms with van der Waals surface area (Å²) in [4.78, 5) is 25.8. The highest BCUT2D eigenvalue weighted by Crippen LogP contribution is 2.27. The van der Waals surface area contributed by atoms with Gasteiger partial charge in [-0.2, -0.15) is 0 Å². The average Bonchev–Trinajstić information content (AvgIpc) is 2.48. The number of hydrogen-bond donors (Lipinski definition) is 1. The number of phenolic OH excluding ortho intramolecular Hbond substituents is 1. The number of amides is 1.